The summed E-state index contributed by atoms with van der Waals surface area (Å²) in [6.45, 7) is 9.78. The number of aryl methyl sites for hydroxylation is 1. The van der Waals surface area contributed by atoms with E-state index in [0.717, 1.165) is 18.7 Å². The van der Waals surface area contributed by atoms with Crippen LogP contribution in [0.4, 0.5) is 5.69 Å². The standard InChI is InChI=1S/C21H31ClN4O4/c1-15-12-18(19(29-3)13-17(15)22)23-21(28)16(2)25-4-6-26(7-5-25)20(27)14-24-8-10-30-11-9-24/h12-13,16H,4-11,14H2,1-3H3,(H,23,28). The van der Waals surface area contributed by atoms with Crippen LogP contribution in [0.1, 0.15) is 12.5 Å². The Morgan fingerprint density at radius 2 is 1.83 bits per heavy atom. The van der Waals surface area contributed by atoms with Crippen LogP contribution in [-0.4, -0.2) is 98.7 Å². The van der Waals surface area contributed by atoms with Crippen LogP contribution in [0.3, 0.4) is 0 Å². The fourth-order valence-corrected chi connectivity index (χ4v) is 3.90. The Bertz CT molecular complexity index is 762. The number of halogens is 1. The molecule has 166 valence electrons. The smallest absolute Gasteiger partial charge is 0.241 e. The number of hydrogen-bond acceptors (Lipinski definition) is 6. The summed E-state index contributed by atoms with van der Waals surface area (Å²) in [5, 5.41) is 3.54. The number of morpholine rings is 1. The fraction of sp³-hybridized carbons (Fsp3) is 0.619. The zero-order valence-electron chi connectivity index (χ0n) is 17.9. The van der Waals surface area contributed by atoms with Crippen molar-refractivity contribution in [3.63, 3.8) is 0 Å². The summed E-state index contributed by atoms with van der Waals surface area (Å²) in [7, 11) is 1.55. The van der Waals surface area contributed by atoms with E-state index in [1.54, 1.807) is 13.2 Å². The summed E-state index contributed by atoms with van der Waals surface area (Å²) < 4.78 is 10.7. The molecule has 0 aromatic heterocycles. The van der Waals surface area contributed by atoms with E-state index in [9.17, 15) is 9.59 Å². The highest BCUT2D eigenvalue weighted by atomic mass is 35.5. The first-order chi connectivity index (χ1) is 14.4. The van der Waals surface area contributed by atoms with Crippen LogP contribution in [0, 0.1) is 6.92 Å². The predicted molar refractivity (Wildman–Crippen MR) is 116 cm³/mol. The number of piperazine rings is 1. The van der Waals surface area contributed by atoms with E-state index in [2.05, 4.69) is 15.1 Å². The average molecular weight is 439 g/mol. The second-order valence-corrected chi connectivity index (χ2v) is 8.18. The molecule has 1 aromatic rings. The first-order valence-electron chi connectivity index (χ1n) is 10.4. The van der Waals surface area contributed by atoms with Gasteiger partial charge in [0.2, 0.25) is 11.8 Å². The summed E-state index contributed by atoms with van der Waals surface area (Å²) in [6, 6.07) is 3.20. The summed E-state index contributed by atoms with van der Waals surface area (Å²) in [5.74, 6) is 0.572. The third-order valence-corrected chi connectivity index (χ3v) is 6.20. The Morgan fingerprint density at radius 3 is 2.47 bits per heavy atom. The van der Waals surface area contributed by atoms with E-state index >= 15 is 0 Å². The lowest BCUT2D eigenvalue weighted by Gasteiger charge is -2.38. The van der Waals surface area contributed by atoms with Gasteiger partial charge in [-0.3, -0.25) is 19.4 Å². The second-order valence-electron chi connectivity index (χ2n) is 7.77. The van der Waals surface area contributed by atoms with E-state index in [-0.39, 0.29) is 17.9 Å². The molecule has 2 aliphatic heterocycles. The first kappa shape index (κ1) is 22.8. The van der Waals surface area contributed by atoms with Gasteiger partial charge in [0.15, 0.2) is 0 Å². The molecule has 2 fully saturated rings. The van der Waals surface area contributed by atoms with Crippen LogP contribution in [0.5, 0.6) is 5.75 Å². The SMILES string of the molecule is COc1cc(Cl)c(C)cc1NC(=O)C(C)N1CCN(C(=O)CN2CCOCC2)CC1. The van der Waals surface area contributed by atoms with Gasteiger partial charge < -0.3 is 19.7 Å². The maximum atomic E-state index is 12.8. The molecule has 0 saturated carbocycles. The highest BCUT2D eigenvalue weighted by Crippen LogP contribution is 2.31. The van der Waals surface area contributed by atoms with Gasteiger partial charge in [-0.15, -0.1) is 0 Å². The molecule has 2 aliphatic rings. The number of amides is 2. The van der Waals surface area contributed by atoms with E-state index in [0.29, 0.717) is 62.4 Å². The Hall–Kier alpha value is -1.87. The number of anilines is 1. The predicted octanol–water partition coefficient (Wildman–Crippen LogP) is 1.46. The number of ether oxygens (including phenoxy) is 2. The van der Waals surface area contributed by atoms with Crippen molar-refractivity contribution in [3.05, 3.63) is 22.7 Å². The number of carbonyl (C=O) groups excluding carboxylic acids is 2. The fourth-order valence-electron chi connectivity index (χ4n) is 3.74. The van der Waals surface area contributed by atoms with Gasteiger partial charge >= 0.3 is 0 Å². The molecule has 1 atom stereocenters. The van der Waals surface area contributed by atoms with Crippen molar-refractivity contribution in [1.82, 2.24) is 14.7 Å². The van der Waals surface area contributed by atoms with Crippen molar-refractivity contribution in [2.75, 3.05) is 71.5 Å². The monoisotopic (exact) mass is 438 g/mol. The normalized spacial score (nSPS) is 19.4. The summed E-state index contributed by atoms with van der Waals surface area (Å²) >= 11 is 6.14. The highest BCUT2D eigenvalue weighted by molar-refractivity contribution is 6.31. The minimum Gasteiger partial charge on any atom is -0.495 e. The quantitative estimate of drug-likeness (QED) is 0.724. The zero-order valence-corrected chi connectivity index (χ0v) is 18.7. The number of nitrogens with zero attached hydrogens (tertiary/aromatic N) is 3. The maximum Gasteiger partial charge on any atom is 0.241 e. The number of nitrogens with one attached hydrogen (secondary N) is 1. The Labute approximate surface area is 183 Å². The third-order valence-electron chi connectivity index (χ3n) is 5.80. The molecule has 2 heterocycles. The Kier molecular flexibility index (Phi) is 7.93. The van der Waals surface area contributed by atoms with Gasteiger partial charge in [-0.25, -0.2) is 0 Å². The minimum absolute atomic E-state index is 0.108. The van der Waals surface area contributed by atoms with Crippen molar-refractivity contribution in [2.24, 2.45) is 0 Å². The molecule has 1 N–H and O–H groups in total. The average Bonchev–Trinajstić information content (AvgIpc) is 2.76. The molecule has 8 nitrogen and oxygen atoms in total. The molecule has 1 aromatic carbocycles. The van der Waals surface area contributed by atoms with Crippen molar-refractivity contribution in [2.45, 2.75) is 19.9 Å². The lowest BCUT2D eigenvalue weighted by molar-refractivity contribution is -0.135. The lowest BCUT2D eigenvalue weighted by Crippen LogP contribution is -2.55. The van der Waals surface area contributed by atoms with Crippen molar-refractivity contribution < 1.29 is 19.1 Å². The van der Waals surface area contributed by atoms with Gasteiger partial charge in [0.25, 0.3) is 0 Å². The van der Waals surface area contributed by atoms with Gasteiger partial charge in [0, 0.05) is 50.4 Å². The van der Waals surface area contributed by atoms with Crippen molar-refractivity contribution in [3.8, 4) is 5.75 Å². The van der Waals surface area contributed by atoms with Crippen LogP contribution < -0.4 is 10.1 Å². The molecule has 30 heavy (non-hydrogen) atoms. The molecule has 0 bridgehead atoms. The van der Waals surface area contributed by atoms with Crippen LogP contribution in [0.2, 0.25) is 5.02 Å². The van der Waals surface area contributed by atoms with Crippen LogP contribution in [-0.2, 0) is 14.3 Å². The summed E-state index contributed by atoms with van der Waals surface area (Å²) in [5.41, 5.74) is 1.48. The van der Waals surface area contributed by atoms with Crippen LogP contribution >= 0.6 is 11.6 Å². The maximum absolute atomic E-state index is 12.8. The third kappa shape index (κ3) is 5.63. The van der Waals surface area contributed by atoms with E-state index in [4.69, 9.17) is 21.1 Å². The largest absolute Gasteiger partial charge is 0.495 e. The minimum atomic E-state index is -0.317. The van der Waals surface area contributed by atoms with Crippen LogP contribution in [0.15, 0.2) is 12.1 Å². The molecule has 1 unspecified atom stereocenters. The lowest BCUT2D eigenvalue weighted by atomic mass is 10.1. The first-order valence-corrected chi connectivity index (χ1v) is 10.7. The summed E-state index contributed by atoms with van der Waals surface area (Å²) in [4.78, 5) is 31.5. The molecule has 0 radical (unpaired) electrons. The van der Waals surface area contributed by atoms with Gasteiger partial charge in [-0.2, -0.15) is 0 Å². The zero-order chi connectivity index (χ0) is 21.7. The molecule has 0 spiro atoms. The van der Waals surface area contributed by atoms with Gasteiger partial charge in [-0.1, -0.05) is 11.6 Å². The molecule has 3 rings (SSSR count). The van der Waals surface area contributed by atoms with Gasteiger partial charge in [-0.05, 0) is 25.5 Å². The highest BCUT2D eigenvalue weighted by Gasteiger charge is 2.28. The summed E-state index contributed by atoms with van der Waals surface area (Å²) in [6.07, 6.45) is 0. The molecule has 9 heteroatoms. The second kappa shape index (κ2) is 10.4. The Balaban J connectivity index is 1.51. The Morgan fingerprint density at radius 1 is 1.17 bits per heavy atom. The van der Waals surface area contributed by atoms with Crippen molar-refractivity contribution in [1.29, 1.82) is 0 Å². The topological polar surface area (TPSA) is 74.4 Å². The molecular formula is C21H31ClN4O4. The molecule has 2 amide bonds. The van der Waals surface area contributed by atoms with Gasteiger partial charge in [0.05, 0.1) is 38.6 Å². The number of benzene rings is 1. The number of rotatable bonds is 6. The van der Waals surface area contributed by atoms with E-state index in [1.807, 2.05) is 24.8 Å². The molecule has 0 aliphatic carbocycles. The molecular weight excluding hydrogens is 408 g/mol. The van der Waals surface area contributed by atoms with Crippen molar-refractivity contribution >= 4 is 29.1 Å². The van der Waals surface area contributed by atoms with E-state index in [1.165, 1.54) is 0 Å². The van der Waals surface area contributed by atoms with E-state index < -0.39 is 0 Å². The van der Waals surface area contributed by atoms with Crippen LogP contribution in [0.25, 0.3) is 0 Å². The number of carbonyl (C=O) groups is 2. The molecule has 2 saturated heterocycles. The van der Waals surface area contributed by atoms with Gasteiger partial charge in [0.1, 0.15) is 5.75 Å². The number of hydrogen-bond donors (Lipinski definition) is 1. The number of methoxy groups -OCH3 is 1.